The first kappa shape index (κ1) is 16.5. The number of halogens is 3. The van der Waals surface area contributed by atoms with E-state index in [0.717, 1.165) is 12.1 Å². The van der Waals surface area contributed by atoms with Crippen molar-refractivity contribution in [2.45, 2.75) is 19.0 Å². The van der Waals surface area contributed by atoms with Crippen LogP contribution in [0.25, 0.3) is 0 Å². The molecule has 0 bridgehead atoms. The molecule has 0 unspecified atom stereocenters. The maximum Gasteiger partial charge on any atom is 0.416 e. The maximum atomic E-state index is 12.6. The summed E-state index contributed by atoms with van der Waals surface area (Å²) in [5, 5.41) is 22.1. The number of nitrogens with one attached hydrogen (secondary N) is 1. The standard InChI is InChI=1S/C15H11F3N4O/c1-8-12(14(23)22-21-8)13(10(6-19)7-20)9-2-4-11(5-3-9)15(16,17)18/h2-5,10,12-13H,1H3,(H,22,23)/t12-,13-/m1/s1. The lowest BCUT2D eigenvalue weighted by Gasteiger charge is -2.23. The molecular formula is C15H11F3N4O. The summed E-state index contributed by atoms with van der Waals surface area (Å²) in [6.07, 6.45) is -4.49. The van der Waals surface area contributed by atoms with E-state index in [2.05, 4.69) is 10.5 Å². The van der Waals surface area contributed by atoms with Crippen LogP contribution >= 0.6 is 0 Å². The highest BCUT2D eigenvalue weighted by Gasteiger charge is 2.41. The minimum absolute atomic E-state index is 0.308. The van der Waals surface area contributed by atoms with Crippen molar-refractivity contribution in [2.24, 2.45) is 16.9 Å². The van der Waals surface area contributed by atoms with Gasteiger partial charge in [0.2, 0.25) is 5.91 Å². The predicted octanol–water partition coefficient (Wildman–Crippen LogP) is 2.57. The quantitative estimate of drug-likeness (QED) is 0.928. The third kappa shape index (κ3) is 3.16. The van der Waals surface area contributed by atoms with Crippen molar-refractivity contribution < 1.29 is 18.0 Å². The fourth-order valence-corrected chi connectivity index (χ4v) is 2.56. The zero-order valence-electron chi connectivity index (χ0n) is 11.9. The van der Waals surface area contributed by atoms with Crippen LogP contribution in [0.2, 0.25) is 0 Å². The summed E-state index contributed by atoms with van der Waals surface area (Å²) in [6, 6.07) is 7.70. The van der Waals surface area contributed by atoms with Gasteiger partial charge in [-0.1, -0.05) is 12.1 Å². The molecule has 0 saturated carbocycles. The van der Waals surface area contributed by atoms with Crippen molar-refractivity contribution in [3.05, 3.63) is 35.4 Å². The molecule has 1 N–H and O–H groups in total. The van der Waals surface area contributed by atoms with E-state index < -0.39 is 35.4 Å². The molecule has 8 heteroatoms. The van der Waals surface area contributed by atoms with E-state index in [1.54, 1.807) is 19.1 Å². The molecule has 1 aromatic carbocycles. The van der Waals surface area contributed by atoms with E-state index in [4.69, 9.17) is 10.5 Å². The van der Waals surface area contributed by atoms with Crippen LogP contribution < -0.4 is 5.43 Å². The Morgan fingerprint density at radius 3 is 2.17 bits per heavy atom. The number of carbonyl (C=O) groups excluding carboxylic acids is 1. The first-order valence-corrected chi connectivity index (χ1v) is 6.60. The molecule has 23 heavy (non-hydrogen) atoms. The molecule has 1 heterocycles. The number of hydrazone groups is 1. The Kier molecular flexibility index (Phi) is 4.37. The molecule has 1 aliphatic heterocycles. The lowest BCUT2D eigenvalue weighted by Crippen LogP contribution is -2.32. The molecule has 0 aromatic heterocycles. The van der Waals surface area contributed by atoms with Gasteiger partial charge in [0, 0.05) is 11.6 Å². The molecule has 1 aliphatic rings. The number of alkyl halides is 3. The predicted molar refractivity (Wildman–Crippen MR) is 73.6 cm³/mol. The van der Waals surface area contributed by atoms with E-state index in [1.807, 2.05) is 0 Å². The lowest BCUT2D eigenvalue weighted by molar-refractivity contribution is -0.137. The summed E-state index contributed by atoms with van der Waals surface area (Å²) in [6.45, 7) is 1.56. The van der Waals surface area contributed by atoms with Gasteiger partial charge in [-0.25, -0.2) is 5.43 Å². The zero-order valence-corrected chi connectivity index (χ0v) is 11.9. The molecule has 0 aliphatic carbocycles. The Labute approximate surface area is 130 Å². The Bertz CT molecular complexity index is 711. The third-order valence-electron chi connectivity index (χ3n) is 3.69. The average Bonchev–Trinajstić information content (AvgIpc) is 2.83. The van der Waals surface area contributed by atoms with Gasteiger partial charge >= 0.3 is 6.18 Å². The zero-order chi connectivity index (χ0) is 17.2. The van der Waals surface area contributed by atoms with Gasteiger partial charge in [-0.2, -0.15) is 28.8 Å². The minimum Gasteiger partial charge on any atom is -0.272 e. The monoisotopic (exact) mass is 320 g/mol. The number of nitrogens with zero attached hydrogens (tertiary/aromatic N) is 3. The summed E-state index contributed by atoms with van der Waals surface area (Å²) in [5.74, 6) is -3.43. The summed E-state index contributed by atoms with van der Waals surface area (Å²) < 4.78 is 37.9. The van der Waals surface area contributed by atoms with Crippen LogP contribution in [0, 0.1) is 34.5 Å². The van der Waals surface area contributed by atoms with E-state index >= 15 is 0 Å². The van der Waals surface area contributed by atoms with Crippen LogP contribution in [0.3, 0.4) is 0 Å². The smallest absolute Gasteiger partial charge is 0.272 e. The van der Waals surface area contributed by atoms with Crippen LogP contribution in [0.15, 0.2) is 29.4 Å². The van der Waals surface area contributed by atoms with Gasteiger partial charge in [0.25, 0.3) is 0 Å². The molecule has 118 valence electrons. The third-order valence-corrected chi connectivity index (χ3v) is 3.69. The highest BCUT2D eigenvalue weighted by molar-refractivity contribution is 6.07. The van der Waals surface area contributed by atoms with Crippen molar-refractivity contribution in [1.82, 2.24) is 5.43 Å². The number of benzene rings is 1. The first-order valence-electron chi connectivity index (χ1n) is 6.60. The van der Waals surface area contributed by atoms with Crippen molar-refractivity contribution >= 4 is 11.6 Å². The largest absolute Gasteiger partial charge is 0.416 e. The average molecular weight is 320 g/mol. The maximum absolute atomic E-state index is 12.6. The number of amides is 1. The van der Waals surface area contributed by atoms with Gasteiger partial charge in [-0.3, -0.25) is 4.79 Å². The van der Waals surface area contributed by atoms with E-state index in [0.29, 0.717) is 11.3 Å². The molecule has 0 saturated heterocycles. The Morgan fingerprint density at radius 1 is 1.22 bits per heavy atom. The summed E-state index contributed by atoms with van der Waals surface area (Å²) in [7, 11) is 0. The van der Waals surface area contributed by atoms with Crippen LogP contribution in [0.4, 0.5) is 13.2 Å². The van der Waals surface area contributed by atoms with E-state index in [-0.39, 0.29) is 0 Å². The van der Waals surface area contributed by atoms with Gasteiger partial charge < -0.3 is 0 Å². The van der Waals surface area contributed by atoms with Gasteiger partial charge in [0.15, 0.2) is 0 Å². The fourth-order valence-electron chi connectivity index (χ4n) is 2.56. The molecule has 5 nitrogen and oxygen atoms in total. The highest BCUT2D eigenvalue weighted by Crippen LogP contribution is 2.36. The molecule has 0 radical (unpaired) electrons. The Morgan fingerprint density at radius 2 is 1.78 bits per heavy atom. The second-order valence-electron chi connectivity index (χ2n) is 5.09. The van der Waals surface area contributed by atoms with Gasteiger partial charge in [0.05, 0.1) is 23.6 Å². The summed E-state index contributed by atoms with van der Waals surface area (Å²) in [4.78, 5) is 11.9. The van der Waals surface area contributed by atoms with Crippen LogP contribution in [-0.2, 0) is 11.0 Å². The topological polar surface area (TPSA) is 89.0 Å². The Balaban J connectivity index is 2.47. The van der Waals surface area contributed by atoms with Crippen LogP contribution in [0.1, 0.15) is 24.0 Å². The number of carbonyl (C=O) groups is 1. The molecule has 2 rings (SSSR count). The molecular weight excluding hydrogens is 309 g/mol. The SMILES string of the molecule is CC1=NNC(=O)[C@H]1[C@H](c1ccc(C(F)(F)F)cc1)C(C#N)C#N. The second-order valence-corrected chi connectivity index (χ2v) is 5.09. The molecule has 0 spiro atoms. The number of hydrogen-bond donors (Lipinski definition) is 1. The fraction of sp³-hybridized carbons (Fsp3) is 0.333. The van der Waals surface area contributed by atoms with Gasteiger partial charge in [-0.15, -0.1) is 0 Å². The number of rotatable bonds is 3. The summed E-state index contributed by atoms with van der Waals surface area (Å²) >= 11 is 0. The number of hydrogen-bond acceptors (Lipinski definition) is 4. The highest BCUT2D eigenvalue weighted by atomic mass is 19.4. The Hall–Kier alpha value is -2.87. The normalized spacial score (nSPS) is 18.8. The van der Waals surface area contributed by atoms with Gasteiger partial charge in [-0.05, 0) is 24.6 Å². The van der Waals surface area contributed by atoms with E-state index in [1.165, 1.54) is 12.1 Å². The van der Waals surface area contributed by atoms with Gasteiger partial charge in [0.1, 0.15) is 5.92 Å². The van der Waals surface area contributed by atoms with Crippen molar-refractivity contribution in [2.75, 3.05) is 0 Å². The van der Waals surface area contributed by atoms with Crippen molar-refractivity contribution in [1.29, 1.82) is 10.5 Å². The molecule has 2 atom stereocenters. The van der Waals surface area contributed by atoms with Crippen molar-refractivity contribution in [3.63, 3.8) is 0 Å². The minimum atomic E-state index is -4.49. The summed E-state index contributed by atoms with van der Waals surface area (Å²) in [5.41, 5.74) is 2.11. The van der Waals surface area contributed by atoms with Crippen LogP contribution in [0.5, 0.6) is 0 Å². The van der Waals surface area contributed by atoms with Crippen LogP contribution in [-0.4, -0.2) is 11.6 Å². The molecule has 0 fully saturated rings. The molecule has 1 aromatic rings. The number of nitriles is 2. The second kappa shape index (κ2) is 6.09. The van der Waals surface area contributed by atoms with E-state index in [9.17, 15) is 18.0 Å². The lowest BCUT2D eigenvalue weighted by atomic mass is 9.75. The first-order chi connectivity index (χ1) is 10.8. The molecule has 1 amide bonds. The van der Waals surface area contributed by atoms with Crippen molar-refractivity contribution in [3.8, 4) is 12.1 Å².